The van der Waals surface area contributed by atoms with Gasteiger partial charge >= 0.3 is 5.97 Å². The first-order valence-electron chi connectivity index (χ1n) is 10.9. The van der Waals surface area contributed by atoms with Gasteiger partial charge in [-0.05, 0) is 42.0 Å². The van der Waals surface area contributed by atoms with Crippen LogP contribution in [0.3, 0.4) is 0 Å². The van der Waals surface area contributed by atoms with Crippen molar-refractivity contribution in [1.82, 2.24) is 0 Å². The van der Waals surface area contributed by atoms with Gasteiger partial charge in [-0.15, -0.1) is 0 Å². The van der Waals surface area contributed by atoms with Gasteiger partial charge in [0.05, 0.1) is 33.0 Å². The summed E-state index contributed by atoms with van der Waals surface area (Å²) in [6, 6.07) is 11.1. The van der Waals surface area contributed by atoms with Crippen molar-refractivity contribution in [2.24, 2.45) is 0 Å². The second-order valence-corrected chi connectivity index (χ2v) is 7.93. The van der Waals surface area contributed by atoms with Crippen LogP contribution in [0.15, 0.2) is 42.5 Å². The SMILES string of the molecule is COc1ccc(C(=O)OCC(CO)c2ccc(O[C@@H]3O[C@H](CO)[C@@H](O)[C@H](O)[C@H]3O)c(OC)c2)cc1. The molecule has 6 atom stereocenters. The molecular formula is C24H30O11. The first kappa shape index (κ1) is 26.7. The molecule has 192 valence electrons. The Hall–Kier alpha value is -2.93. The smallest absolute Gasteiger partial charge is 0.338 e. The van der Waals surface area contributed by atoms with Crippen LogP contribution < -0.4 is 14.2 Å². The summed E-state index contributed by atoms with van der Waals surface area (Å²) in [5.41, 5.74) is 0.927. The van der Waals surface area contributed by atoms with Crippen molar-refractivity contribution in [2.45, 2.75) is 36.6 Å². The zero-order valence-corrected chi connectivity index (χ0v) is 19.3. The monoisotopic (exact) mass is 494 g/mol. The van der Waals surface area contributed by atoms with Crippen LogP contribution in [0.25, 0.3) is 0 Å². The molecule has 2 aromatic carbocycles. The quantitative estimate of drug-likeness (QED) is 0.278. The zero-order chi connectivity index (χ0) is 25.5. The Morgan fingerprint density at radius 3 is 2.26 bits per heavy atom. The third-order valence-corrected chi connectivity index (χ3v) is 5.71. The Balaban J connectivity index is 1.69. The van der Waals surface area contributed by atoms with Gasteiger partial charge in [0.2, 0.25) is 6.29 Å². The molecule has 0 bridgehead atoms. The summed E-state index contributed by atoms with van der Waals surface area (Å²) in [5.74, 6) is -0.146. The second-order valence-electron chi connectivity index (χ2n) is 7.93. The van der Waals surface area contributed by atoms with E-state index in [4.69, 9.17) is 23.7 Å². The first-order chi connectivity index (χ1) is 16.8. The summed E-state index contributed by atoms with van der Waals surface area (Å²) < 4.78 is 26.8. The molecule has 0 aliphatic carbocycles. The highest BCUT2D eigenvalue weighted by Gasteiger charge is 2.45. The largest absolute Gasteiger partial charge is 0.497 e. The van der Waals surface area contributed by atoms with Crippen molar-refractivity contribution >= 4 is 5.97 Å². The van der Waals surface area contributed by atoms with Gasteiger partial charge in [-0.1, -0.05) is 6.07 Å². The molecule has 1 unspecified atom stereocenters. The Bertz CT molecular complexity index is 962. The van der Waals surface area contributed by atoms with E-state index in [1.54, 1.807) is 36.4 Å². The Morgan fingerprint density at radius 2 is 1.66 bits per heavy atom. The summed E-state index contributed by atoms with van der Waals surface area (Å²) in [5, 5.41) is 49.3. The van der Waals surface area contributed by atoms with Gasteiger partial charge in [0.1, 0.15) is 36.8 Å². The third kappa shape index (κ3) is 6.20. The van der Waals surface area contributed by atoms with Crippen LogP contribution in [0, 0.1) is 0 Å². The van der Waals surface area contributed by atoms with Crippen LogP contribution in [0.1, 0.15) is 21.8 Å². The molecule has 0 saturated carbocycles. The van der Waals surface area contributed by atoms with E-state index in [0.717, 1.165) is 0 Å². The fourth-order valence-corrected chi connectivity index (χ4v) is 3.57. The van der Waals surface area contributed by atoms with E-state index in [-0.39, 0.29) is 24.7 Å². The minimum Gasteiger partial charge on any atom is -0.497 e. The van der Waals surface area contributed by atoms with E-state index >= 15 is 0 Å². The number of hydrogen-bond donors (Lipinski definition) is 5. The molecule has 0 spiro atoms. The molecular weight excluding hydrogens is 464 g/mol. The zero-order valence-electron chi connectivity index (χ0n) is 19.3. The van der Waals surface area contributed by atoms with E-state index in [0.29, 0.717) is 16.9 Å². The molecule has 1 saturated heterocycles. The van der Waals surface area contributed by atoms with Gasteiger partial charge in [-0.3, -0.25) is 0 Å². The number of methoxy groups -OCH3 is 2. The highest BCUT2D eigenvalue weighted by Crippen LogP contribution is 2.34. The maximum Gasteiger partial charge on any atom is 0.338 e. The number of hydrogen-bond acceptors (Lipinski definition) is 11. The van der Waals surface area contributed by atoms with Gasteiger partial charge in [0, 0.05) is 5.92 Å². The number of aliphatic hydroxyl groups is 5. The lowest BCUT2D eigenvalue weighted by atomic mass is 9.99. The molecule has 1 heterocycles. The molecule has 1 aliphatic heterocycles. The lowest BCUT2D eigenvalue weighted by molar-refractivity contribution is -0.277. The average Bonchev–Trinajstić information content (AvgIpc) is 2.89. The van der Waals surface area contributed by atoms with Crippen molar-refractivity contribution in [3.8, 4) is 17.2 Å². The number of esters is 1. The molecule has 3 rings (SSSR count). The summed E-state index contributed by atoms with van der Waals surface area (Å²) >= 11 is 0. The van der Waals surface area contributed by atoms with Gasteiger partial charge in [-0.2, -0.15) is 0 Å². The number of ether oxygens (including phenoxy) is 5. The number of carbonyl (C=O) groups excluding carboxylic acids is 1. The maximum absolute atomic E-state index is 12.3. The van der Waals surface area contributed by atoms with E-state index in [1.165, 1.54) is 20.3 Å². The Labute approximate surface area is 202 Å². The van der Waals surface area contributed by atoms with Gasteiger partial charge in [0.15, 0.2) is 11.5 Å². The van der Waals surface area contributed by atoms with Crippen molar-refractivity contribution in [3.05, 3.63) is 53.6 Å². The van der Waals surface area contributed by atoms with Crippen molar-refractivity contribution in [2.75, 3.05) is 34.0 Å². The number of carbonyl (C=O) groups is 1. The van der Waals surface area contributed by atoms with Gasteiger partial charge in [-0.25, -0.2) is 4.79 Å². The lowest BCUT2D eigenvalue weighted by Crippen LogP contribution is -2.60. The normalized spacial score (nSPS) is 24.9. The predicted octanol–water partition coefficient (Wildman–Crippen LogP) is -0.185. The van der Waals surface area contributed by atoms with Crippen LogP contribution in [0.4, 0.5) is 0 Å². The Morgan fingerprint density at radius 1 is 0.943 bits per heavy atom. The molecule has 11 heteroatoms. The molecule has 0 amide bonds. The summed E-state index contributed by atoms with van der Waals surface area (Å²) in [6.07, 6.45) is -7.19. The molecule has 1 aliphatic rings. The summed E-state index contributed by atoms with van der Waals surface area (Å²) in [7, 11) is 2.91. The average molecular weight is 494 g/mol. The fraction of sp³-hybridized carbons (Fsp3) is 0.458. The second kappa shape index (κ2) is 12.2. The van der Waals surface area contributed by atoms with Crippen molar-refractivity contribution in [1.29, 1.82) is 0 Å². The van der Waals surface area contributed by atoms with Gasteiger partial charge < -0.3 is 49.2 Å². The first-order valence-corrected chi connectivity index (χ1v) is 10.9. The van der Waals surface area contributed by atoms with Crippen LogP contribution in [0.5, 0.6) is 17.2 Å². The van der Waals surface area contributed by atoms with Crippen LogP contribution >= 0.6 is 0 Å². The summed E-state index contributed by atoms with van der Waals surface area (Å²) in [6.45, 7) is -1.00. The topological polar surface area (TPSA) is 164 Å². The molecule has 2 aromatic rings. The van der Waals surface area contributed by atoms with Crippen molar-refractivity contribution < 1.29 is 54.0 Å². The molecule has 11 nitrogen and oxygen atoms in total. The fourth-order valence-electron chi connectivity index (χ4n) is 3.57. The van der Waals surface area contributed by atoms with Crippen LogP contribution in [0.2, 0.25) is 0 Å². The highest BCUT2D eigenvalue weighted by atomic mass is 16.7. The van der Waals surface area contributed by atoms with E-state index in [2.05, 4.69) is 0 Å². The van der Waals surface area contributed by atoms with Crippen LogP contribution in [-0.2, 0) is 9.47 Å². The molecule has 0 radical (unpaired) electrons. The number of rotatable bonds is 10. The number of benzene rings is 2. The van der Waals surface area contributed by atoms with Gasteiger partial charge in [0.25, 0.3) is 0 Å². The van der Waals surface area contributed by atoms with Crippen LogP contribution in [-0.4, -0.2) is 96.2 Å². The predicted molar refractivity (Wildman–Crippen MR) is 120 cm³/mol. The molecule has 1 fully saturated rings. The standard InChI is InChI=1S/C24H30O11/c1-31-16-6-3-13(4-7-16)23(30)33-12-15(10-25)14-5-8-17(18(9-14)32-2)34-24-22(29)21(28)20(27)19(11-26)35-24/h3-9,15,19-22,24-29H,10-12H2,1-2H3/t15?,19-,20-,21+,22-,24-/m1/s1. The lowest BCUT2D eigenvalue weighted by Gasteiger charge is -2.39. The Kier molecular flexibility index (Phi) is 9.26. The van der Waals surface area contributed by atoms with E-state index < -0.39 is 49.2 Å². The van der Waals surface area contributed by atoms with E-state index in [1.807, 2.05) is 0 Å². The maximum atomic E-state index is 12.3. The minimum absolute atomic E-state index is 0.0998. The molecule has 35 heavy (non-hydrogen) atoms. The van der Waals surface area contributed by atoms with Crippen molar-refractivity contribution in [3.63, 3.8) is 0 Å². The highest BCUT2D eigenvalue weighted by molar-refractivity contribution is 5.89. The van der Waals surface area contributed by atoms with E-state index in [9.17, 15) is 30.3 Å². The minimum atomic E-state index is -1.59. The summed E-state index contributed by atoms with van der Waals surface area (Å²) in [4.78, 5) is 12.3. The molecule has 0 aromatic heterocycles. The molecule has 5 N–H and O–H groups in total. The third-order valence-electron chi connectivity index (χ3n) is 5.71. The number of aliphatic hydroxyl groups excluding tert-OH is 5.